The van der Waals surface area contributed by atoms with Gasteiger partial charge >= 0.3 is 0 Å². The van der Waals surface area contributed by atoms with E-state index in [2.05, 4.69) is 24.1 Å². The monoisotopic (exact) mass is 489 g/mol. The number of amides is 1. The number of benzene rings is 2. The van der Waals surface area contributed by atoms with Crippen LogP contribution < -0.4 is 10.1 Å². The molecule has 0 radical (unpaired) electrons. The number of morpholine rings is 1. The summed E-state index contributed by atoms with van der Waals surface area (Å²) >= 11 is 0. The Bertz CT molecular complexity index is 1020. The Morgan fingerprint density at radius 1 is 1.06 bits per heavy atom. The van der Waals surface area contributed by atoms with Gasteiger partial charge in [0.2, 0.25) is 15.9 Å². The second-order valence-corrected chi connectivity index (χ2v) is 10.0. The molecule has 2 aromatic carbocycles. The van der Waals surface area contributed by atoms with Crippen LogP contribution in [0.2, 0.25) is 0 Å². The van der Waals surface area contributed by atoms with Crippen LogP contribution in [-0.2, 0) is 26.0 Å². The Labute approximate surface area is 202 Å². The summed E-state index contributed by atoms with van der Waals surface area (Å²) in [4.78, 5) is 15.1. The molecule has 0 saturated carbocycles. The Kier molecular flexibility index (Phi) is 9.88. The van der Waals surface area contributed by atoms with Crippen LogP contribution in [0.5, 0.6) is 5.75 Å². The van der Waals surface area contributed by atoms with Crippen LogP contribution in [0.15, 0.2) is 53.4 Å². The van der Waals surface area contributed by atoms with Gasteiger partial charge < -0.3 is 19.7 Å². The molecule has 2 aromatic rings. The van der Waals surface area contributed by atoms with Crippen LogP contribution in [0.25, 0.3) is 0 Å². The zero-order chi connectivity index (χ0) is 24.4. The third-order valence-corrected chi connectivity index (χ3v) is 7.81. The molecule has 1 fully saturated rings. The van der Waals surface area contributed by atoms with Crippen molar-refractivity contribution in [2.45, 2.75) is 31.6 Å². The van der Waals surface area contributed by atoms with Gasteiger partial charge in [-0.15, -0.1) is 0 Å². The molecule has 0 unspecified atom stereocenters. The maximum atomic E-state index is 12.7. The molecule has 1 aliphatic rings. The van der Waals surface area contributed by atoms with Crippen LogP contribution in [0, 0.1) is 0 Å². The summed E-state index contributed by atoms with van der Waals surface area (Å²) in [5, 5.41) is 2.93. The van der Waals surface area contributed by atoms with Crippen molar-refractivity contribution >= 4 is 21.6 Å². The summed E-state index contributed by atoms with van der Waals surface area (Å²) in [7, 11) is -3.52. The molecule has 3 rings (SSSR count). The van der Waals surface area contributed by atoms with Crippen LogP contribution in [-0.4, -0.2) is 76.1 Å². The third kappa shape index (κ3) is 7.27. The van der Waals surface area contributed by atoms with E-state index in [-0.39, 0.29) is 17.2 Å². The van der Waals surface area contributed by atoms with Crippen molar-refractivity contribution in [3.63, 3.8) is 0 Å². The smallest absolute Gasteiger partial charge is 0.243 e. The van der Waals surface area contributed by atoms with Gasteiger partial charge in [-0.25, -0.2) is 8.42 Å². The molecule has 1 aliphatic heterocycles. The first-order valence-electron chi connectivity index (χ1n) is 11.8. The topological polar surface area (TPSA) is 88.2 Å². The molecule has 0 bridgehead atoms. The van der Waals surface area contributed by atoms with E-state index >= 15 is 0 Å². The van der Waals surface area contributed by atoms with Crippen molar-refractivity contribution in [1.29, 1.82) is 0 Å². The molecule has 186 valence electrons. The highest BCUT2D eigenvalue weighted by atomic mass is 32.2. The minimum absolute atomic E-state index is 0.121. The maximum Gasteiger partial charge on any atom is 0.243 e. The summed E-state index contributed by atoms with van der Waals surface area (Å²) in [5.41, 5.74) is 1.55. The van der Waals surface area contributed by atoms with Gasteiger partial charge in [0.1, 0.15) is 12.4 Å². The Balaban J connectivity index is 1.51. The highest BCUT2D eigenvalue weighted by molar-refractivity contribution is 7.89. The average molecular weight is 490 g/mol. The Morgan fingerprint density at radius 2 is 1.74 bits per heavy atom. The number of ether oxygens (including phenoxy) is 2. The Morgan fingerprint density at radius 3 is 2.41 bits per heavy atom. The molecular weight excluding hydrogens is 454 g/mol. The van der Waals surface area contributed by atoms with E-state index in [1.54, 1.807) is 24.3 Å². The number of carbonyl (C=O) groups excluding carboxylic acids is 1. The lowest BCUT2D eigenvalue weighted by Crippen LogP contribution is -2.40. The van der Waals surface area contributed by atoms with Crippen molar-refractivity contribution < 1.29 is 22.7 Å². The number of nitrogens with one attached hydrogen (secondary N) is 1. The van der Waals surface area contributed by atoms with E-state index in [0.29, 0.717) is 50.8 Å². The second kappa shape index (κ2) is 12.9. The summed E-state index contributed by atoms with van der Waals surface area (Å²) in [6, 6.07) is 14.2. The van der Waals surface area contributed by atoms with Crippen LogP contribution in [0.4, 0.5) is 5.69 Å². The van der Waals surface area contributed by atoms with Gasteiger partial charge in [-0.3, -0.25) is 4.79 Å². The zero-order valence-electron chi connectivity index (χ0n) is 20.0. The largest absolute Gasteiger partial charge is 0.490 e. The normalized spacial score (nSPS) is 14.8. The number of carbonyl (C=O) groups is 1. The number of rotatable bonds is 12. The number of hydrogen-bond donors (Lipinski definition) is 1. The van der Waals surface area contributed by atoms with Gasteiger partial charge in [-0.05, 0) is 49.3 Å². The summed E-state index contributed by atoms with van der Waals surface area (Å²) in [6.45, 7) is 9.11. The fourth-order valence-corrected chi connectivity index (χ4v) is 5.16. The first kappa shape index (κ1) is 26.2. The molecule has 1 N–H and O–H groups in total. The second-order valence-electron chi connectivity index (χ2n) is 8.08. The molecule has 9 heteroatoms. The van der Waals surface area contributed by atoms with Crippen molar-refractivity contribution in [2.24, 2.45) is 0 Å². The van der Waals surface area contributed by atoms with Gasteiger partial charge in [0.15, 0.2) is 0 Å². The summed E-state index contributed by atoms with van der Waals surface area (Å²) in [5.74, 6) is 0.533. The van der Waals surface area contributed by atoms with Crippen LogP contribution in [0.1, 0.15) is 25.8 Å². The van der Waals surface area contributed by atoms with Crippen LogP contribution in [0.3, 0.4) is 0 Å². The van der Waals surface area contributed by atoms with Gasteiger partial charge in [-0.2, -0.15) is 4.31 Å². The average Bonchev–Trinajstić information content (AvgIpc) is 2.87. The zero-order valence-corrected chi connectivity index (χ0v) is 20.9. The molecule has 1 heterocycles. The minimum atomic E-state index is -3.52. The summed E-state index contributed by atoms with van der Waals surface area (Å²) in [6.07, 6.45) is 0.790. The first-order valence-corrected chi connectivity index (χ1v) is 13.3. The number of para-hydroxylation sites is 2. The van der Waals surface area contributed by atoms with Gasteiger partial charge in [0, 0.05) is 26.1 Å². The van der Waals surface area contributed by atoms with Crippen molar-refractivity contribution in [2.75, 3.05) is 57.9 Å². The molecule has 8 nitrogen and oxygen atoms in total. The summed E-state index contributed by atoms with van der Waals surface area (Å²) < 4.78 is 38.1. The molecule has 34 heavy (non-hydrogen) atoms. The number of sulfonamides is 1. The lowest BCUT2D eigenvalue weighted by Gasteiger charge is -2.26. The lowest BCUT2D eigenvalue weighted by molar-refractivity contribution is -0.116. The number of hydrogen-bond acceptors (Lipinski definition) is 6. The molecule has 1 amide bonds. The molecule has 0 spiro atoms. The predicted octanol–water partition coefficient (Wildman–Crippen LogP) is 3.00. The molecule has 0 aliphatic carbocycles. The first-order chi connectivity index (χ1) is 16.4. The van der Waals surface area contributed by atoms with Crippen molar-refractivity contribution in [1.82, 2.24) is 9.21 Å². The Hall–Kier alpha value is -2.46. The number of anilines is 1. The lowest BCUT2D eigenvalue weighted by atomic mass is 10.1. The van der Waals surface area contributed by atoms with Gasteiger partial charge in [-0.1, -0.05) is 38.1 Å². The van der Waals surface area contributed by atoms with E-state index in [1.165, 1.54) is 4.31 Å². The fraction of sp³-hybridized carbons (Fsp3) is 0.480. The van der Waals surface area contributed by atoms with Crippen LogP contribution >= 0.6 is 0 Å². The van der Waals surface area contributed by atoms with Gasteiger partial charge in [0.25, 0.3) is 0 Å². The number of aryl methyl sites for hydroxylation is 1. The maximum absolute atomic E-state index is 12.7. The fourth-order valence-electron chi connectivity index (χ4n) is 3.76. The molecule has 0 atom stereocenters. The SMILES string of the molecule is CCN(CC)CCOc1ccccc1NC(=O)CCc1ccc(S(=O)(=O)N2CCOCC2)cc1. The van der Waals surface area contributed by atoms with E-state index in [0.717, 1.165) is 25.2 Å². The highest BCUT2D eigenvalue weighted by Crippen LogP contribution is 2.24. The third-order valence-electron chi connectivity index (χ3n) is 5.89. The van der Waals surface area contributed by atoms with E-state index in [4.69, 9.17) is 9.47 Å². The quantitative estimate of drug-likeness (QED) is 0.493. The number of nitrogens with zero attached hydrogens (tertiary/aromatic N) is 2. The predicted molar refractivity (Wildman–Crippen MR) is 133 cm³/mol. The van der Waals surface area contributed by atoms with Gasteiger partial charge in [0.05, 0.1) is 23.8 Å². The van der Waals surface area contributed by atoms with E-state index in [9.17, 15) is 13.2 Å². The van der Waals surface area contributed by atoms with E-state index < -0.39 is 10.0 Å². The highest BCUT2D eigenvalue weighted by Gasteiger charge is 2.26. The van der Waals surface area contributed by atoms with Crippen molar-refractivity contribution in [3.05, 3.63) is 54.1 Å². The standard InChI is InChI=1S/C25H35N3O5S/c1-3-27(4-2)15-20-33-24-8-6-5-7-23(24)26-25(29)14-11-21-9-12-22(13-10-21)34(30,31)28-16-18-32-19-17-28/h5-10,12-13H,3-4,11,14-20H2,1-2H3,(H,26,29). The number of likely N-dealkylation sites (N-methyl/N-ethyl adjacent to an activating group) is 1. The van der Waals surface area contributed by atoms with Crippen molar-refractivity contribution in [3.8, 4) is 5.75 Å². The molecule has 1 saturated heterocycles. The molecule has 0 aromatic heterocycles. The van der Waals surface area contributed by atoms with E-state index in [1.807, 2.05) is 24.3 Å². The molecular formula is C25H35N3O5S. The minimum Gasteiger partial charge on any atom is -0.490 e.